The van der Waals surface area contributed by atoms with Gasteiger partial charge in [0.1, 0.15) is 0 Å². The predicted molar refractivity (Wildman–Crippen MR) is 91.2 cm³/mol. The van der Waals surface area contributed by atoms with Crippen LogP contribution >= 0.6 is 11.6 Å². The minimum absolute atomic E-state index is 0.0965. The molecule has 138 valence electrons. The number of aryl methyl sites for hydroxylation is 1. The molecule has 26 heavy (non-hydrogen) atoms. The topological polar surface area (TPSA) is 66.4 Å². The van der Waals surface area contributed by atoms with E-state index < -0.39 is 29.9 Å². The van der Waals surface area contributed by atoms with Gasteiger partial charge in [-0.05, 0) is 42.8 Å². The van der Waals surface area contributed by atoms with Crippen molar-refractivity contribution >= 4 is 29.0 Å². The van der Waals surface area contributed by atoms with Crippen molar-refractivity contribution in [2.45, 2.75) is 25.1 Å². The van der Waals surface area contributed by atoms with Crippen molar-refractivity contribution in [1.82, 2.24) is 0 Å². The summed E-state index contributed by atoms with van der Waals surface area (Å²) in [6, 6.07) is 11.2. The number of carbonyl (C=O) groups excluding carboxylic acids is 2. The van der Waals surface area contributed by atoms with Gasteiger partial charge in [-0.3, -0.25) is 9.59 Å². The Labute approximate surface area is 152 Å². The lowest BCUT2D eigenvalue weighted by Crippen LogP contribution is -2.56. The summed E-state index contributed by atoms with van der Waals surface area (Å²) in [5.74, 6) is -2.76. The van der Waals surface area contributed by atoms with Crippen LogP contribution in [0.2, 0.25) is 5.02 Å². The Balaban J connectivity index is 2.30. The second kappa shape index (κ2) is 7.47. The molecule has 0 fully saturated rings. The van der Waals surface area contributed by atoms with E-state index in [1.807, 2.05) is 5.32 Å². The molecule has 4 nitrogen and oxygen atoms in total. The Bertz CT molecular complexity index is 821. The summed E-state index contributed by atoms with van der Waals surface area (Å²) < 4.78 is 40.2. The van der Waals surface area contributed by atoms with Crippen molar-refractivity contribution < 1.29 is 27.9 Å². The van der Waals surface area contributed by atoms with E-state index in [4.69, 9.17) is 11.6 Å². The molecule has 0 saturated carbocycles. The van der Waals surface area contributed by atoms with Gasteiger partial charge in [-0.2, -0.15) is 13.2 Å². The Kier molecular flexibility index (Phi) is 5.73. The van der Waals surface area contributed by atoms with Crippen LogP contribution in [0, 0.1) is 6.92 Å². The maximum absolute atomic E-state index is 13.4. The maximum atomic E-state index is 13.4. The number of benzene rings is 2. The molecule has 8 heteroatoms. The summed E-state index contributed by atoms with van der Waals surface area (Å²) in [6.07, 6.45) is -6.79. The van der Waals surface area contributed by atoms with Crippen LogP contribution in [0.1, 0.15) is 22.3 Å². The second-order valence-electron chi connectivity index (χ2n) is 5.73. The highest BCUT2D eigenvalue weighted by Crippen LogP contribution is 2.35. The van der Waals surface area contributed by atoms with Crippen LogP contribution in [0.5, 0.6) is 0 Å². The van der Waals surface area contributed by atoms with Crippen LogP contribution in [0.4, 0.5) is 18.9 Å². The summed E-state index contributed by atoms with van der Waals surface area (Å²) in [5, 5.41) is 12.4. The number of alkyl halides is 3. The van der Waals surface area contributed by atoms with Gasteiger partial charge in [-0.1, -0.05) is 29.8 Å². The number of carbonyl (C=O) groups is 2. The highest BCUT2D eigenvalue weighted by atomic mass is 35.5. The van der Waals surface area contributed by atoms with Crippen molar-refractivity contribution in [2.24, 2.45) is 0 Å². The zero-order chi connectivity index (χ0) is 19.5. The molecule has 0 aromatic heterocycles. The van der Waals surface area contributed by atoms with Crippen molar-refractivity contribution in [1.29, 1.82) is 0 Å². The number of rotatable bonds is 5. The van der Waals surface area contributed by atoms with Crippen molar-refractivity contribution in [2.75, 3.05) is 5.32 Å². The minimum atomic E-state index is -5.35. The van der Waals surface area contributed by atoms with Crippen molar-refractivity contribution in [3.05, 3.63) is 64.7 Å². The minimum Gasteiger partial charge on any atom is -0.372 e. The van der Waals surface area contributed by atoms with E-state index in [2.05, 4.69) is 0 Å². The number of aliphatic hydroxyl groups is 1. The number of Topliss-reactive ketones (excluding diaryl/α,β-unsaturated/α-hetero) is 1. The van der Waals surface area contributed by atoms with Crippen LogP contribution in [-0.4, -0.2) is 28.6 Å². The molecule has 1 atom stereocenters. The normalized spacial score (nSPS) is 13.8. The molecule has 0 spiro atoms. The summed E-state index contributed by atoms with van der Waals surface area (Å²) in [5.41, 5.74) is -3.35. The van der Waals surface area contributed by atoms with Gasteiger partial charge in [0.25, 0.3) is 5.91 Å². The van der Waals surface area contributed by atoms with E-state index in [1.165, 1.54) is 36.4 Å². The summed E-state index contributed by atoms with van der Waals surface area (Å²) in [7, 11) is 0. The molecular weight excluding hydrogens is 371 g/mol. The SMILES string of the molecule is Cc1ccccc1NC(=O)C(O)(CC(=O)c1ccc(Cl)cc1)C(F)(F)F. The molecule has 2 aromatic carbocycles. The molecule has 0 bridgehead atoms. The largest absolute Gasteiger partial charge is 0.426 e. The average molecular weight is 386 g/mol. The zero-order valence-electron chi connectivity index (χ0n) is 13.6. The molecule has 1 unspecified atom stereocenters. The molecule has 2 aromatic rings. The number of para-hydroxylation sites is 1. The van der Waals surface area contributed by atoms with Gasteiger partial charge in [0.2, 0.25) is 5.60 Å². The third-order valence-electron chi connectivity index (χ3n) is 3.82. The van der Waals surface area contributed by atoms with Gasteiger partial charge < -0.3 is 10.4 Å². The van der Waals surface area contributed by atoms with E-state index in [0.29, 0.717) is 10.6 Å². The van der Waals surface area contributed by atoms with E-state index in [0.717, 1.165) is 0 Å². The Morgan fingerprint density at radius 1 is 1.08 bits per heavy atom. The summed E-state index contributed by atoms with van der Waals surface area (Å²) in [6.45, 7) is 1.58. The fraction of sp³-hybridized carbons (Fsp3) is 0.222. The first-order valence-electron chi connectivity index (χ1n) is 7.49. The van der Waals surface area contributed by atoms with Crippen LogP contribution in [0.3, 0.4) is 0 Å². The van der Waals surface area contributed by atoms with Gasteiger partial charge in [-0.25, -0.2) is 0 Å². The highest BCUT2D eigenvalue weighted by Gasteiger charge is 2.60. The molecule has 0 aliphatic carbocycles. The van der Waals surface area contributed by atoms with E-state index >= 15 is 0 Å². The van der Waals surface area contributed by atoms with E-state index in [1.54, 1.807) is 19.1 Å². The third kappa shape index (κ3) is 4.23. The summed E-state index contributed by atoms with van der Waals surface area (Å²) >= 11 is 5.67. The average Bonchev–Trinajstić information content (AvgIpc) is 2.56. The molecule has 2 N–H and O–H groups in total. The zero-order valence-corrected chi connectivity index (χ0v) is 14.4. The van der Waals surface area contributed by atoms with Crippen LogP contribution in [0.25, 0.3) is 0 Å². The summed E-state index contributed by atoms with van der Waals surface area (Å²) in [4.78, 5) is 24.4. The first-order chi connectivity index (χ1) is 12.0. The van der Waals surface area contributed by atoms with Crippen LogP contribution < -0.4 is 5.32 Å². The van der Waals surface area contributed by atoms with Gasteiger partial charge in [0.15, 0.2) is 5.78 Å². The fourth-order valence-corrected chi connectivity index (χ4v) is 2.34. The quantitative estimate of drug-likeness (QED) is 0.760. The molecule has 0 aliphatic rings. The van der Waals surface area contributed by atoms with Gasteiger partial charge in [0, 0.05) is 16.3 Å². The molecule has 1 amide bonds. The Morgan fingerprint density at radius 2 is 1.65 bits per heavy atom. The number of hydrogen-bond donors (Lipinski definition) is 2. The highest BCUT2D eigenvalue weighted by molar-refractivity contribution is 6.30. The van der Waals surface area contributed by atoms with Gasteiger partial charge in [-0.15, -0.1) is 0 Å². The van der Waals surface area contributed by atoms with Crippen LogP contribution in [0.15, 0.2) is 48.5 Å². The fourth-order valence-electron chi connectivity index (χ4n) is 2.22. The van der Waals surface area contributed by atoms with E-state index in [9.17, 15) is 27.9 Å². The molecule has 0 aliphatic heterocycles. The van der Waals surface area contributed by atoms with E-state index in [-0.39, 0.29) is 11.3 Å². The Hall–Kier alpha value is -2.38. The maximum Gasteiger partial charge on any atom is 0.426 e. The number of hydrogen-bond acceptors (Lipinski definition) is 3. The third-order valence-corrected chi connectivity index (χ3v) is 4.07. The number of amides is 1. The number of nitrogens with one attached hydrogen (secondary N) is 1. The molecular formula is C18H15ClF3NO3. The lowest BCUT2D eigenvalue weighted by Gasteiger charge is -2.28. The first-order valence-corrected chi connectivity index (χ1v) is 7.87. The molecule has 0 heterocycles. The van der Waals surface area contributed by atoms with Crippen molar-refractivity contribution in [3.63, 3.8) is 0 Å². The first kappa shape index (κ1) is 19.9. The lowest BCUT2D eigenvalue weighted by atomic mass is 9.92. The predicted octanol–water partition coefficient (Wildman–Crippen LogP) is 4.15. The standard InChI is InChI=1S/C18H15ClF3NO3/c1-11-4-2-3-5-14(11)23-16(25)17(26,18(20,21)22)10-15(24)12-6-8-13(19)9-7-12/h2-9,26H,10H2,1H3,(H,23,25). The smallest absolute Gasteiger partial charge is 0.372 e. The Morgan fingerprint density at radius 3 is 2.19 bits per heavy atom. The van der Waals surface area contributed by atoms with Gasteiger partial charge >= 0.3 is 6.18 Å². The van der Waals surface area contributed by atoms with Gasteiger partial charge in [0.05, 0.1) is 6.42 Å². The molecule has 2 rings (SSSR count). The second-order valence-corrected chi connectivity index (χ2v) is 6.17. The van der Waals surface area contributed by atoms with Crippen molar-refractivity contribution in [3.8, 4) is 0 Å². The van der Waals surface area contributed by atoms with Crippen LogP contribution in [-0.2, 0) is 4.79 Å². The molecule has 0 radical (unpaired) electrons. The number of anilines is 1. The number of halogens is 4. The lowest BCUT2D eigenvalue weighted by molar-refractivity contribution is -0.247. The monoisotopic (exact) mass is 385 g/mol. The molecule has 0 saturated heterocycles. The number of ketones is 1.